The predicted octanol–water partition coefficient (Wildman–Crippen LogP) is 3.20. The Morgan fingerprint density at radius 2 is 2.38 bits per heavy atom. The van der Waals surface area contributed by atoms with Gasteiger partial charge in [-0.2, -0.15) is 0 Å². The van der Waals surface area contributed by atoms with Gasteiger partial charge in [-0.15, -0.1) is 0 Å². The normalized spacial score (nSPS) is 8.62. The molecule has 0 amide bonds. The Morgan fingerprint density at radius 1 is 1.62 bits per heavy atom. The fourth-order valence-corrected chi connectivity index (χ4v) is 1.33. The minimum Gasteiger partial charge on any atom is -0.294 e. The first kappa shape index (κ1) is 12.1. The van der Waals surface area contributed by atoms with Crippen LogP contribution in [-0.2, 0) is 0 Å². The first-order valence-corrected chi connectivity index (χ1v) is 4.83. The average Bonchev–Trinajstić information content (AvgIpc) is 2.26. The molecule has 0 saturated carbocycles. The Hall–Kier alpha value is -1.95. The number of benzene rings is 1. The summed E-state index contributed by atoms with van der Waals surface area (Å²) < 4.78 is 0. The Labute approximate surface area is 97.9 Å². The van der Waals surface area contributed by atoms with Crippen molar-refractivity contribution in [2.45, 2.75) is 6.92 Å². The molecule has 80 valence electrons. The van der Waals surface area contributed by atoms with Gasteiger partial charge >= 0.3 is 0 Å². The van der Waals surface area contributed by atoms with Crippen molar-refractivity contribution in [1.82, 2.24) is 0 Å². The second-order valence-electron chi connectivity index (χ2n) is 2.94. The number of hydrogen-bond acceptors (Lipinski definition) is 2. The highest BCUT2D eigenvalue weighted by atomic mass is 35.5. The van der Waals surface area contributed by atoms with Gasteiger partial charge in [-0.1, -0.05) is 28.6 Å². The molecule has 5 heteroatoms. The van der Waals surface area contributed by atoms with E-state index in [1.807, 2.05) is 0 Å². The van der Waals surface area contributed by atoms with Gasteiger partial charge in [-0.3, -0.25) is 4.79 Å². The van der Waals surface area contributed by atoms with Gasteiger partial charge in [-0.05, 0) is 30.7 Å². The summed E-state index contributed by atoms with van der Waals surface area (Å²) in [6.45, 7) is 1.55. The van der Waals surface area contributed by atoms with E-state index >= 15 is 0 Å². The Bertz CT molecular complexity index is 522. The minimum absolute atomic E-state index is 0.106. The summed E-state index contributed by atoms with van der Waals surface area (Å²) >= 11 is 5.84. The highest BCUT2D eigenvalue weighted by Crippen LogP contribution is 2.17. The quantitative estimate of drug-likeness (QED) is 0.254. The number of nitrogens with zero attached hydrogens (tertiary/aromatic N) is 3. The fourth-order valence-electron chi connectivity index (χ4n) is 1.08. The smallest absolute Gasteiger partial charge is 0.161 e. The third-order valence-electron chi connectivity index (χ3n) is 1.79. The summed E-state index contributed by atoms with van der Waals surface area (Å²) in [5.74, 6) is 5.33. The van der Waals surface area contributed by atoms with E-state index in [0.717, 1.165) is 0 Å². The molecule has 1 rings (SSSR count). The maximum atomic E-state index is 11.2. The van der Waals surface area contributed by atoms with Crippen molar-refractivity contribution in [2.75, 3.05) is 6.54 Å². The third kappa shape index (κ3) is 3.32. The molecule has 1 aromatic rings. The summed E-state index contributed by atoms with van der Waals surface area (Å²) in [6.07, 6.45) is 0. The van der Waals surface area contributed by atoms with Gasteiger partial charge in [0.25, 0.3) is 0 Å². The van der Waals surface area contributed by atoms with Gasteiger partial charge in [0.1, 0.15) is 0 Å². The van der Waals surface area contributed by atoms with Crippen molar-refractivity contribution >= 4 is 17.4 Å². The zero-order valence-electron chi connectivity index (χ0n) is 8.57. The number of carbonyl (C=O) groups excluding carboxylic acids is 1. The molecule has 0 fully saturated rings. The first-order chi connectivity index (χ1) is 7.65. The van der Waals surface area contributed by atoms with Crippen LogP contribution in [0.5, 0.6) is 0 Å². The van der Waals surface area contributed by atoms with Gasteiger partial charge in [-0.25, -0.2) is 0 Å². The maximum absolute atomic E-state index is 11.2. The van der Waals surface area contributed by atoms with Crippen LogP contribution < -0.4 is 0 Å². The van der Waals surface area contributed by atoms with E-state index < -0.39 is 0 Å². The lowest BCUT2D eigenvalue weighted by molar-refractivity contribution is 0.101. The van der Waals surface area contributed by atoms with Gasteiger partial charge in [0, 0.05) is 16.0 Å². The van der Waals surface area contributed by atoms with Crippen LogP contribution in [-0.4, -0.2) is 12.3 Å². The molecule has 0 heterocycles. The van der Waals surface area contributed by atoms with Crippen molar-refractivity contribution in [3.8, 4) is 11.8 Å². The largest absolute Gasteiger partial charge is 0.294 e. The number of Topliss-reactive ketones (excluding diaryl/α,β-unsaturated/α-hetero) is 1. The standard InChI is InChI=1S/C11H8ClN3O/c1-8(16)10-7-9(4-5-11(10)12)3-2-6-14-15-13/h4-5,7H,6H2,1H3. The van der Waals surface area contributed by atoms with E-state index in [9.17, 15) is 4.79 Å². The van der Waals surface area contributed by atoms with Crippen LogP contribution in [0.3, 0.4) is 0 Å². The lowest BCUT2D eigenvalue weighted by Crippen LogP contribution is -1.94. The summed E-state index contributed by atoms with van der Waals surface area (Å²) in [4.78, 5) is 13.8. The summed E-state index contributed by atoms with van der Waals surface area (Å²) in [7, 11) is 0. The molecule has 1 aromatic carbocycles. The molecular weight excluding hydrogens is 226 g/mol. The van der Waals surface area contributed by atoms with E-state index in [2.05, 4.69) is 21.9 Å². The molecular formula is C11H8ClN3O. The van der Waals surface area contributed by atoms with Crippen LogP contribution in [0, 0.1) is 11.8 Å². The van der Waals surface area contributed by atoms with Gasteiger partial charge < -0.3 is 0 Å². The van der Waals surface area contributed by atoms with E-state index in [1.165, 1.54) is 6.92 Å². The summed E-state index contributed by atoms with van der Waals surface area (Å²) in [6, 6.07) is 4.95. The predicted molar refractivity (Wildman–Crippen MR) is 62.3 cm³/mol. The molecule has 0 aromatic heterocycles. The van der Waals surface area contributed by atoms with E-state index in [1.54, 1.807) is 18.2 Å². The summed E-state index contributed by atoms with van der Waals surface area (Å²) in [5.41, 5.74) is 9.16. The molecule has 0 saturated heterocycles. The Balaban J connectivity index is 2.97. The monoisotopic (exact) mass is 233 g/mol. The molecule has 0 unspecified atom stereocenters. The molecule has 0 aliphatic carbocycles. The first-order valence-electron chi connectivity index (χ1n) is 4.45. The molecule has 4 nitrogen and oxygen atoms in total. The second-order valence-corrected chi connectivity index (χ2v) is 3.35. The van der Waals surface area contributed by atoms with Gasteiger partial charge in [0.05, 0.1) is 11.6 Å². The van der Waals surface area contributed by atoms with Crippen molar-refractivity contribution in [3.05, 3.63) is 44.8 Å². The van der Waals surface area contributed by atoms with Crippen LogP contribution in [0.2, 0.25) is 5.02 Å². The second kappa shape index (κ2) is 5.82. The van der Waals surface area contributed by atoms with Gasteiger partial charge in [0.2, 0.25) is 0 Å². The van der Waals surface area contributed by atoms with E-state index in [0.29, 0.717) is 16.1 Å². The zero-order valence-corrected chi connectivity index (χ0v) is 9.32. The molecule has 0 N–H and O–H groups in total. The summed E-state index contributed by atoms with van der Waals surface area (Å²) in [5, 5.41) is 3.69. The molecule has 0 aliphatic heterocycles. The average molecular weight is 234 g/mol. The lowest BCUT2D eigenvalue weighted by Gasteiger charge is -1.99. The third-order valence-corrected chi connectivity index (χ3v) is 2.12. The molecule has 0 aliphatic rings. The minimum atomic E-state index is -0.108. The number of carbonyl (C=O) groups is 1. The molecule has 0 atom stereocenters. The van der Waals surface area contributed by atoms with Crippen LogP contribution in [0.25, 0.3) is 10.4 Å². The number of rotatable bonds is 2. The fraction of sp³-hybridized carbons (Fsp3) is 0.182. The van der Waals surface area contributed by atoms with Crippen LogP contribution in [0.1, 0.15) is 22.8 Å². The van der Waals surface area contributed by atoms with Crippen molar-refractivity contribution in [1.29, 1.82) is 0 Å². The molecule has 16 heavy (non-hydrogen) atoms. The SMILES string of the molecule is CC(=O)c1cc(C#CCN=[N+]=[N-])ccc1Cl. The molecule has 0 radical (unpaired) electrons. The number of halogens is 1. The molecule has 0 bridgehead atoms. The highest BCUT2D eigenvalue weighted by molar-refractivity contribution is 6.33. The Kier molecular flexibility index (Phi) is 4.41. The van der Waals surface area contributed by atoms with Crippen LogP contribution in [0.4, 0.5) is 0 Å². The lowest BCUT2D eigenvalue weighted by atomic mass is 10.1. The maximum Gasteiger partial charge on any atom is 0.161 e. The topological polar surface area (TPSA) is 65.8 Å². The highest BCUT2D eigenvalue weighted by Gasteiger charge is 2.05. The molecule has 0 spiro atoms. The van der Waals surface area contributed by atoms with Crippen molar-refractivity contribution in [3.63, 3.8) is 0 Å². The Morgan fingerprint density at radius 3 is 3.00 bits per heavy atom. The van der Waals surface area contributed by atoms with Crippen molar-refractivity contribution < 1.29 is 4.79 Å². The van der Waals surface area contributed by atoms with E-state index in [4.69, 9.17) is 17.1 Å². The number of ketones is 1. The van der Waals surface area contributed by atoms with Crippen LogP contribution >= 0.6 is 11.6 Å². The van der Waals surface area contributed by atoms with Crippen LogP contribution in [0.15, 0.2) is 23.3 Å². The van der Waals surface area contributed by atoms with Crippen molar-refractivity contribution in [2.24, 2.45) is 5.11 Å². The zero-order chi connectivity index (χ0) is 12.0. The van der Waals surface area contributed by atoms with Gasteiger partial charge in [0.15, 0.2) is 5.78 Å². The van der Waals surface area contributed by atoms with E-state index in [-0.39, 0.29) is 12.3 Å². The number of azide groups is 1. The number of hydrogen-bond donors (Lipinski definition) is 0.